The maximum atomic E-state index is 12.1. The van der Waals surface area contributed by atoms with E-state index < -0.39 is 5.97 Å². The van der Waals surface area contributed by atoms with E-state index in [0.717, 1.165) is 44.9 Å². The van der Waals surface area contributed by atoms with Gasteiger partial charge < -0.3 is 5.11 Å². The molecular weight excluding hydrogens is 374 g/mol. The lowest BCUT2D eigenvalue weighted by Gasteiger charge is -2.00. The third-order valence-electron chi connectivity index (χ3n) is 4.32. The number of carbonyl (C=O) groups is 2. The molecule has 0 radical (unpaired) electrons. The fourth-order valence-electron chi connectivity index (χ4n) is 2.74. The first-order chi connectivity index (χ1) is 14.6. The van der Waals surface area contributed by atoms with Crippen molar-refractivity contribution in [3.63, 3.8) is 0 Å². The van der Waals surface area contributed by atoms with Crippen molar-refractivity contribution >= 4 is 11.9 Å². The summed E-state index contributed by atoms with van der Waals surface area (Å²) in [7, 11) is 0. The Morgan fingerprint density at radius 2 is 1.40 bits per heavy atom. The first kappa shape index (κ1) is 25.2. The van der Waals surface area contributed by atoms with Gasteiger partial charge in [-0.25, -0.2) is 0 Å². The van der Waals surface area contributed by atoms with Crippen molar-refractivity contribution in [2.24, 2.45) is 0 Å². The Bertz CT molecular complexity index is 763. The molecule has 0 bridgehead atoms. The molecule has 30 heavy (non-hydrogen) atoms. The Morgan fingerprint density at radius 3 is 1.93 bits per heavy atom. The maximum Gasteiger partial charge on any atom is 0.307 e. The molecule has 1 aromatic rings. The minimum Gasteiger partial charge on any atom is -0.481 e. The molecular formula is C26H35NO3. The minimum absolute atomic E-state index is 0.000934. The highest BCUT2D eigenvalue weighted by atomic mass is 16.4. The number of hydrogen-bond acceptors (Lipinski definition) is 2. The van der Waals surface area contributed by atoms with Gasteiger partial charge in [-0.15, -0.1) is 0 Å². The summed E-state index contributed by atoms with van der Waals surface area (Å²) in [6.07, 6.45) is 31.9. The molecule has 0 aliphatic carbocycles. The number of aromatic nitrogens is 1. The summed E-state index contributed by atoms with van der Waals surface area (Å²) >= 11 is 0. The molecule has 0 aliphatic heterocycles. The van der Waals surface area contributed by atoms with Crippen LogP contribution in [0.5, 0.6) is 0 Å². The zero-order chi connectivity index (χ0) is 21.9. The predicted molar refractivity (Wildman–Crippen MR) is 125 cm³/mol. The van der Waals surface area contributed by atoms with Crippen LogP contribution < -0.4 is 0 Å². The highest BCUT2D eigenvalue weighted by molar-refractivity contribution is 5.79. The molecule has 1 heterocycles. The minimum atomic E-state index is -0.890. The normalized spacial score (nSPS) is 12.4. The first-order valence-electron chi connectivity index (χ1n) is 10.8. The van der Waals surface area contributed by atoms with Crippen molar-refractivity contribution < 1.29 is 14.7 Å². The lowest BCUT2D eigenvalue weighted by molar-refractivity contribution is -0.136. The summed E-state index contributed by atoms with van der Waals surface area (Å²) in [4.78, 5) is 22.8. The number of carboxylic acids is 1. The van der Waals surface area contributed by atoms with E-state index in [1.54, 1.807) is 18.5 Å². The lowest BCUT2D eigenvalue weighted by Crippen LogP contribution is -2.07. The summed E-state index contributed by atoms with van der Waals surface area (Å²) < 4.78 is 1.48. The number of rotatable bonds is 15. The van der Waals surface area contributed by atoms with Gasteiger partial charge in [0.1, 0.15) is 0 Å². The Hall–Kier alpha value is -2.88. The largest absolute Gasteiger partial charge is 0.481 e. The fraction of sp³-hybridized carbons (Fsp3) is 0.385. The number of nitrogens with zero attached hydrogens (tertiary/aromatic N) is 1. The molecule has 0 spiro atoms. The SMILES string of the molecule is CCC=CCC=CCC=CCC=CCC=CCCCC(=O)n1ccc(CC(=O)O)c1. The van der Waals surface area contributed by atoms with Gasteiger partial charge in [-0.3, -0.25) is 14.2 Å². The topological polar surface area (TPSA) is 59.3 Å². The van der Waals surface area contributed by atoms with Crippen LogP contribution in [0.15, 0.2) is 79.2 Å². The second kappa shape index (κ2) is 17.0. The van der Waals surface area contributed by atoms with Crippen LogP contribution in [-0.2, 0) is 11.2 Å². The van der Waals surface area contributed by atoms with Gasteiger partial charge in [0, 0.05) is 18.8 Å². The van der Waals surface area contributed by atoms with Crippen molar-refractivity contribution in [2.45, 2.75) is 64.7 Å². The van der Waals surface area contributed by atoms with Gasteiger partial charge in [0.25, 0.3) is 0 Å². The molecule has 0 atom stereocenters. The number of allylic oxidation sites excluding steroid dienone is 10. The first-order valence-corrected chi connectivity index (χ1v) is 10.8. The van der Waals surface area contributed by atoms with E-state index >= 15 is 0 Å². The summed E-state index contributed by atoms with van der Waals surface area (Å²) in [5, 5.41) is 8.77. The second-order valence-electron chi connectivity index (χ2n) is 6.99. The maximum absolute atomic E-state index is 12.1. The molecule has 1 aromatic heterocycles. The Labute approximate surface area is 181 Å². The summed E-state index contributed by atoms with van der Waals surface area (Å²) in [5.74, 6) is -0.891. The standard InChI is InChI=1S/C26H35NO3/c1-2-3-4-5-6-7-8-9-10-11-12-13-14-15-16-17-18-19-25(28)27-21-20-24(23-27)22-26(29)30/h3-4,6-7,9-10,12-13,15-16,20-21,23H,2,5,8,11,14,17-19,22H2,1H3,(H,29,30). The Kier molecular flexibility index (Phi) is 14.3. The summed E-state index contributed by atoms with van der Waals surface area (Å²) in [6, 6.07) is 1.68. The quantitative estimate of drug-likeness (QED) is 0.260. The van der Waals surface area contributed by atoms with Crippen molar-refractivity contribution in [1.29, 1.82) is 0 Å². The average molecular weight is 410 g/mol. The van der Waals surface area contributed by atoms with E-state index in [0.29, 0.717) is 12.0 Å². The van der Waals surface area contributed by atoms with Crippen LogP contribution in [0.4, 0.5) is 0 Å². The zero-order valence-corrected chi connectivity index (χ0v) is 18.1. The molecule has 0 aliphatic rings. The van der Waals surface area contributed by atoms with Crippen LogP contribution in [0.2, 0.25) is 0 Å². The Morgan fingerprint density at radius 1 is 0.867 bits per heavy atom. The van der Waals surface area contributed by atoms with Gasteiger partial charge in [0.2, 0.25) is 5.91 Å². The average Bonchev–Trinajstić information content (AvgIpc) is 3.18. The third-order valence-corrected chi connectivity index (χ3v) is 4.32. The van der Waals surface area contributed by atoms with Gasteiger partial charge >= 0.3 is 5.97 Å². The van der Waals surface area contributed by atoms with E-state index in [1.807, 2.05) is 0 Å². The molecule has 1 N–H and O–H groups in total. The molecule has 0 saturated heterocycles. The fourth-order valence-corrected chi connectivity index (χ4v) is 2.74. The Balaban J connectivity index is 2.06. The van der Waals surface area contributed by atoms with E-state index in [4.69, 9.17) is 5.11 Å². The van der Waals surface area contributed by atoms with E-state index in [1.165, 1.54) is 4.57 Å². The number of hydrogen-bond donors (Lipinski definition) is 1. The van der Waals surface area contributed by atoms with Crippen LogP contribution in [0.1, 0.15) is 68.6 Å². The smallest absolute Gasteiger partial charge is 0.307 e. The van der Waals surface area contributed by atoms with Crippen LogP contribution in [0.3, 0.4) is 0 Å². The van der Waals surface area contributed by atoms with Gasteiger partial charge in [0.15, 0.2) is 0 Å². The van der Waals surface area contributed by atoms with Crippen LogP contribution >= 0.6 is 0 Å². The number of unbranched alkanes of at least 4 members (excludes halogenated alkanes) is 1. The van der Waals surface area contributed by atoms with Crippen LogP contribution in [0, 0.1) is 0 Å². The van der Waals surface area contributed by atoms with Crippen molar-refractivity contribution in [1.82, 2.24) is 4.57 Å². The van der Waals surface area contributed by atoms with Gasteiger partial charge in [-0.1, -0.05) is 67.7 Å². The molecule has 0 fully saturated rings. The molecule has 0 aromatic carbocycles. The zero-order valence-electron chi connectivity index (χ0n) is 18.1. The van der Waals surface area contributed by atoms with Crippen molar-refractivity contribution in [2.75, 3.05) is 0 Å². The molecule has 1 rings (SSSR count). The molecule has 4 heteroatoms. The van der Waals surface area contributed by atoms with Crippen molar-refractivity contribution in [3.05, 3.63) is 84.8 Å². The van der Waals surface area contributed by atoms with E-state index in [2.05, 4.69) is 67.7 Å². The number of carbonyl (C=O) groups excluding carboxylic acids is 1. The molecule has 162 valence electrons. The second-order valence-corrected chi connectivity index (χ2v) is 6.99. The van der Waals surface area contributed by atoms with Gasteiger partial charge in [-0.05, 0) is 56.6 Å². The third kappa shape index (κ3) is 13.3. The highest BCUT2D eigenvalue weighted by Gasteiger charge is 2.07. The van der Waals surface area contributed by atoms with E-state index in [-0.39, 0.29) is 12.3 Å². The summed E-state index contributed by atoms with van der Waals surface area (Å²) in [6.45, 7) is 2.14. The predicted octanol–water partition coefficient (Wildman–Crippen LogP) is 6.68. The molecule has 0 unspecified atom stereocenters. The van der Waals surface area contributed by atoms with Gasteiger partial charge in [0.05, 0.1) is 6.42 Å². The lowest BCUT2D eigenvalue weighted by atomic mass is 10.2. The summed E-state index contributed by atoms with van der Waals surface area (Å²) in [5.41, 5.74) is 0.647. The highest BCUT2D eigenvalue weighted by Crippen LogP contribution is 2.06. The van der Waals surface area contributed by atoms with Crippen molar-refractivity contribution in [3.8, 4) is 0 Å². The number of aliphatic carboxylic acids is 1. The van der Waals surface area contributed by atoms with Gasteiger partial charge in [-0.2, -0.15) is 0 Å². The molecule has 0 amide bonds. The molecule has 0 saturated carbocycles. The monoisotopic (exact) mass is 409 g/mol. The van der Waals surface area contributed by atoms with Crippen LogP contribution in [-0.4, -0.2) is 21.6 Å². The molecule has 4 nitrogen and oxygen atoms in total. The van der Waals surface area contributed by atoms with E-state index in [9.17, 15) is 9.59 Å². The van der Waals surface area contributed by atoms with Crippen LogP contribution in [0.25, 0.3) is 0 Å². The number of carboxylic acid groups (broad SMARTS) is 1.